The predicted molar refractivity (Wildman–Crippen MR) is 502 cm³/mol. The smallest absolute Gasteiger partial charge is 0.317 e. The maximum Gasteiger partial charge on any atom is 0.317 e. The zero-order valence-electron chi connectivity index (χ0n) is 85.1. The van der Waals surface area contributed by atoms with Crippen LogP contribution < -0.4 is 0 Å². The van der Waals surface area contributed by atoms with Gasteiger partial charge in [-0.05, 0) is 400 Å². The summed E-state index contributed by atoms with van der Waals surface area (Å²) in [5.41, 5.74) is 0.376. The first-order valence-corrected chi connectivity index (χ1v) is 55.0. The van der Waals surface area contributed by atoms with Crippen LogP contribution in [0.5, 0.6) is 0 Å². The number of rotatable bonds is 12. The molecule has 0 amide bonds. The van der Waals surface area contributed by atoms with Crippen molar-refractivity contribution in [3.63, 3.8) is 0 Å². The zero-order valence-corrected chi connectivity index (χ0v) is 85.1. The maximum absolute atomic E-state index is 12.9. The van der Waals surface area contributed by atoms with Gasteiger partial charge in [0.2, 0.25) is 0 Å². The van der Waals surface area contributed by atoms with Gasteiger partial charge in [-0.2, -0.15) is 0 Å². The maximum atomic E-state index is 12.9. The van der Waals surface area contributed by atoms with Gasteiger partial charge in [0.1, 0.15) is 16.8 Å². The van der Waals surface area contributed by atoms with Crippen molar-refractivity contribution >= 4 is 53.7 Å². The second-order valence-corrected chi connectivity index (χ2v) is 50.3. The van der Waals surface area contributed by atoms with Crippen LogP contribution in [0.1, 0.15) is 344 Å². The molecule has 18 heteroatoms. The van der Waals surface area contributed by atoms with Crippen LogP contribution in [0, 0.1) is 254 Å². The molecule has 47 atom stereocenters. The highest BCUT2D eigenvalue weighted by molar-refractivity contribution is 5.97. The second kappa shape index (κ2) is 40.1. The molecule has 738 valence electrons. The number of cyclic esters (lactones) is 6. The molecule has 0 N–H and O–H groups in total. The summed E-state index contributed by atoms with van der Waals surface area (Å²) >= 11 is 0. The van der Waals surface area contributed by atoms with E-state index < -0.39 is 35.8 Å². The van der Waals surface area contributed by atoms with E-state index in [1.54, 1.807) is 48.0 Å². The summed E-state index contributed by atoms with van der Waals surface area (Å²) in [6, 6.07) is 0. The van der Waals surface area contributed by atoms with Crippen molar-refractivity contribution in [2.24, 2.45) is 254 Å². The van der Waals surface area contributed by atoms with Crippen molar-refractivity contribution in [1.29, 1.82) is 0 Å². The van der Waals surface area contributed by atoms with E-state index in [9.17, 15) is 43.2 Å². The van der Waals surface area contributed by atoms with Crippen LogP contribution in [-0.2, 0) is 85.8 Å². The van der Waals surface area contributed by atoms with Crippen molar-refractivity contribution in [3.05, 3.63) is 0 Å². The van der Waals surface area contributed by atoms with Crippen LogP contribution in [0.25, 0.3) is 0 Å². The van der Waals surface area contributed by atoms with E-state index >= 15 is 0 Å². The van der Waals surface area contributed by atoms with Gasteiger partial charge in [-0.15, -0.1) is 0 Å². The van der Waals surface area contributed by atoms with E-state index in [2.05, 4.69) is 118 Å². The molecule has 24 rings (SSSR count). The molecule has 18 nitrogen and oxygen atoms in total. The predicted octanol–water partition coefficient (Wildman–Crippen LogP) is 23.1. The summed E-state index contributed by atoms with van der Waals surface area (Å²) in [6.45, 7) is 51.1. The lowest BCUT2D eigenvalue weighted by atomic mass is 9.65. The molecular formula is C113H178O18. The molecule has 24 aliphatic rings. The molecule has 0 aromatic rings. The minimum absolute atomic E-state index is 0.0866. The molecule has 18 saturated carbocycles. The van der Waals surface area contributed by atoms with E-state index in [-0.39, 0.29) is 88.0 Å². The molecule has 0 aromatic heterocycles. The van der Waals surface area contributed by atoms with Gasteiger partial charge in [0.25, 0.3) is 0 Å². The van der Waals surface area contributed by atoms with Gasteiger partial charge in [-0.1, -0.05) is 145 Å². The summed E-state index contributed by atoms with van der Waals surface area (Å²) in [6.07, 6.45) is 40.5. The lowest BCUT2D eigenvalue weighted by molar-refractivity contribution is -0.175. The molecule has 131 heavy (non-hydrogen) atoms. The average molecular weight is 1820 g/mol. The average Bonchev–Trinajstić information content (AvgIpc) is 1.55. The lowest BCUT2D eigenvalue weighted by Gasteiger charge is -2.39. The van der Waals surface area contributed by atoms with Crippen LogP contribution in [0.2, 0.25) is 0 Å². The molecule has 18 bridgehead atoms. The Morgan fingerprint density at radius 2 is 0.664 bits per heavy atom. The van der Waals surface area contributed by atoms with Crippen LogP contribution in [0.4, 0.5) is 0 Å². The summed E-state index contributed by atoms with van der Waals surface area (Å²) < 4.78 is 48.7. The highest BCUT2D eigenvalue weighted by Crippen LogP contribution is 2.67. The minimum Gasteiger partial charge on any atom is -0.459 e. The van der Waals surface area contributed by atoms with E-state index in [0.29, 0.717) is 64.8 Å². The number of carbonyl (C=O) groups excluding carboxylic acids is 9. The number of hydrogen-bond acceptors (Lipinski definition) is 18. The van der Waals surface area contributed by atoms with E-state index in [0.717, 1.165) is 233 Å². The molecule has 6 aliphatic heterocycles. The van der Waals surface area contributed by atoms with Gasteiger partial charge in [0.05, 0.1) is 79.2 Å². The van der Waals surface area contributed by atoms with Crippen molar-refractivity contribution in [1.82, 2.24) is 0 Å². The van der Waals surface area contributed by atoms with Crippen molar-refractivity contribution in [2.75, 3.05) is 33.0 Å². The van der Waals surface area contributed by atoms with Crippen LogP contribution in [0.15, 0.2) is 0 Å². The molecule has 6 heterocycles. The lowest BCUT2D eigenvalue weighted by Crippen LogP contribution is -2.43. The number of hydrogen-bond donors (Lipinski definition) is 0. The van der Waals surface area contributed by atoms with Crippen molar-refractivity contribution < 1.29 is 85.8 Å². The van der Waals surface area contributed by atoms with E-state index in [4.69, 9.17) is 28.4 Å². The molecule has 0 aromatic carbocycles. The molecule has 0 radical (unpaired) electrons. The van der Waals surface area contributed by atoms with E-state index in [1.165, 1.54) is 135 Å². The molecule has 1 spiro atoms. The Hall–Kier alpha value is -4.29. The molecule has 47 unspecified atom stereocenters. The Morgan fingerprint density at radius 1 is 0.321 bits per heavy atom. The summed E-state index contributed by atoms with van der Waals surface area (Å²) in [7, 11) is 0. The number of carbonyl (C=O) groups is 9. The SMILES string of the molecule is CC1C(=O)OC(=O)C1C.CC1C(=O)OC(=O)C1C.CC1C(=O)OC(=O)C1C.CC1C(C)C2CC1C1COCC21.CC1C2CC(C1C)C1(CCOC1)C2.CC1C2CC(CCC3CCCO3)C(C2)C1C.CCC1(OC(=O)C2CC3CC2C(C)C3C)CC2CCC1C2.CCC1(OC(=O)C2CC3CC2C(C)C3C)CC2CCC1C2.CCC1(OC(=O)C2CC3CC2C(C)C3C)CC2CCC1C2. The third kappa shape index (κ3) is 19.1. The first-order chi connectivity index (χ1) is 62.3. The molecule has 24 fully saturated rings. The fourth-order valence-electron chi connectivity index (χ4n) is 34.8. The normalized spacial score (nSPS) is 51.2. The van der Waals surface area contributed by atoms with Gasteiger partial charge in [0, 0.05) is 13.2 Å². The van der Waals surface area contributed by atoms with Gasteiger partial charge < -0.3 is 42.6 Å². The Bertz CT molecular complexity index is 3680. The first kappa shape index (κ1) is 99.7. The molecule has 18 aliphatic carbocycles. The number of ether oxygens (including phenoxy) is 9. The van der Waals surface area contributed by atoms with Gasteiger partial charge in [-0.25, -0.2) is 0 Å². The Morgan fingerprint density at radius 3 is 0.924 bits per heavy atom. The van der Waals surface area contributed by atoms with Gasteiger partial charge in [-0.3, -0.25) is 43.2 Å². The molecular weight excluding hydrogens is 1650 g/mol. The van der Waals surface area contributed by atoms with Gasteiger partial charge >= 0.3 is 53.7 Å². The van der Waals surface area contributed by atoms with E-state index in [1.807, 2.05) is 0 Å². The van der Waals surface area contributed by atoms with Gasteiger partial charge in [0.15, 0.2) is 0 Å². The summed E-state index contributed by atoms with van der Waals surface area (Å²) in [4.78, 5) is 102. The fourth-order valence-corrected chi connectivity index (χ4v) is 34.8. The largest absolute Gasteiger partial charge is 0.459 e. The Labute approximate surface area is 789 Å². The van der Waals surface area contributed by atoms with Crippen LogP contribution in [-0.4, -0.2) is 110 Å². The van der Waals surface area contributed by atoms with Crippen molar-refractivity contribution in [3.8, 4) is 0 Å². The Kier molecular flexibility index (Phi) is 30.5. The van der Waals surface area contributed by atoms with Crippen LogP contribution in [0.3, 0.4) is 0 Å². The standard InChI is InChI=1S/3C19H30O2.C15H26O.C12H20O.C11H18O.3C6H8O3/c3*1-4-19(10-13-5-6-15(19)7-13)21-18(20)17-9-14-8-16(17)12(3)11(14)2;1-10-11(2)15-9-13(10)8-12(15)5-6-14-4-3-7-16-14;1-8-9(2)11-5-10(8)6-12(11)3-4-13-7-12;1-6-7(2)9-3-8(6)10-4-12-5-11(9)10;3*1-3-4(2)6(8)9-5(3)7/h3*11-17H,4-10H2,1-3H3;10-15H,3-9H2,1-2H3;8-11H,3-7H2,1-2H3;6-11H,3-5H2,1-2H3;3*3-4H,1-2H3. The quantitative estimate of drug-likeness (QED) is 0.100. The minimum atomic E-state index is -0.396. The third-order valence-electron chi connectivity index (χ3n) is 45.4. The second-order valence-electron chi connectivity index (χ2n) is 50.3. The highest BCUT2D eigenvalue weighted by Gasteiger charge is 2.64. The topological polar surface area (TPSA) is 237 Å². The fraction of sp³-hybridized carbons (Fsp3) is 0.920. The third-order valence-corrected chi connectivity index (χ3v) is 45.4. The Balaban J connectivity index is 0.000000110. The summed E-state index contributed by atoms with van der Waals surface area (Å²) in [5, 5.41) is 0. The summed E-state index contributed by atoms with van der Waals surface area (Å²) in [5.74, 6) is 25.4. The first-order valence-electron chi connectivity index (χ1n) is 55.0. The van der Waals surface area contributed by atoms with Crippen LogP contribution >= 0.6 is 0 Å². The number of fused-ring (bicyclic) bond motifs is 22. The highest BCUT2D eigenvalue weighted by atomic mass is 16.6. The monoisotopic (exact) mass is 1820 g/mol. The number of esters is 9. The van der Waals surface area contributed by atoms with Crippen molar-refractivity contribution in [2.45, 2.75) is 367 Å². The molecule has 6 saturated heterocycles. The zero-order chi connectivity index (χ0) is 93.8.